The average Bonchev–Trinajstić information content (AvgIpc) is 3.29. The van der Waals surface area contributed by atoms with Gasteiger partial charge in [-0.1, -0.05) is 12.2 Å². The molecule has 1 aliphatic heterocycles. The number of imide groups is 1. The highest BCUT2D eigenvalue weighted by molar-refractivity contribution is 6.22. The normalized spacial score (nSPS) is 29.3. The van der Waals surface area contributed by atoms with Crippen LogP contribution in [0.3, 0.4) is 0 Å². The van der Waals surface area contributed by atoms with E-state index >= 15 is 0 Å². The second-order valence-electron chi connectivity index (χ2n) is 6.79. The first kappa shape index (κ1) is 15.9. The van der Waals surface area contributed by atoms with Gasteiger partial charge in [0, 0.05) is 12.7 Å². The molecule has 6 nitrogen and oxygen atoms in total. The molecule has 2 bridgehead atoms. The Labute approximate surface area is 146 Å². The van der Waals surface area contributed by atoms with E-state index in [2.05, 4.69) is 12.2 Å². The van der Waals surface area contributed by atoms with Gasteiger partial charge in [0.2, 0.25) is 11.8 Å². The zero-order valence-corrected chi connectivity index (χ0v) is 14.2. The summed E-state index contributed by atoms with van der Waals surface area (Å²) in [5, 5.41) is 0. The molecule has 2 fully saturated rings. The zero-order valence-electron chi connectivity index (χ0n) is 14.2. The number of hydrogen-bond donors (Lipinski definition) is 0. The highest BCUT2D eigenvalue weighted by Gasteiger charge is 2.59. The highest BCUT2D eigenvalue weighted by atomic mass is 16.6. The van der Waals surface area contributed by atoms with Crippen LogP contribution in [0.25, 0.3) is 0 Å². The molecule has 3 aliphatic rings. The monoisotopic (exact) mass is 340 g/mol. The van der Waals surface area contributed by atoms with E-state index < -0.39 is 6.09 Å². The van der Waals surface area contributed by atoms with Crippen LogP contribution in [0.2, 0.25) is 0 Å². The van der Waals surface area contributed by atoms with Crippen molar-refractivity contribution in [3.05, 3.63) is 36.4 Å². The number of ether oxygens (including phenoxy) is 1. The van der Waals surface area contributed by atoms with E-state index in [4.69, 9.17) is 4.74 Å². The molecule has 1 saturated carbocycles. The van der Waals surface area contributed by atoms with Crippen molar-refractivity contribution >= 4 is 29.3 Å². The van der Waals surface area contributed by atoms with E-state index in [0.717, 1.165) is 6.42 Å². The molecule has 6 heteroatoms. The molecule has 1 heterocycles. The average molecular weight is 340 g/mol. The van der Waals surface area contributed by atoms with Crippen LogP contribution in [0.5, 0.6) is 0 Å². The molecule has 4 unspecified atom stereocenters. The Kier molecular flexibility index (Phi) is 3.63. The van der Waals surface area contributed by atoms with Crippen LogP contribution in [-0.4, -0.2) is 31.6 Å². The maximum Gasteiger partial charge on any atom is 0.413 e. The van der Waals surface area contributed by atoms with Gasteiger partial charge in [0.05, 0.1) is 24.1 Å². The lowest BCUT2D eigenvalue weighted by Crippen LogP contribution is -2.33. The number of carbonyl (C=O) groups excluding carboxylic acids is 3. The van der Waals surface area contributed by atoms with E-state index in [-0.39, 0.29) is 35.5 Å². The van der Waals surface area contributed by atoms with Crippen molar-refractivity contribution in [1.29, 1.82) is 0 Å². The van der Waals surface area contributed by atoms with E-state index in [0.29, 0.717) is 18.0 Å². The highest BCUT2D eigenvalue weighted by Crippen LogP contribution is 2.53. The van der Waals surface area contributed by atoms with Gasteiger partial charge in [-0.15, -0.1) is 0 Å². The molecule has 4 rings (SSSR count). The number of rotatable bonds is 3. The quantitative estimate of drug-likeness (QED) is 0.626. The van der Waals surface area contributed by atoms with Gasteiger partial charge in [-0.3, -0.25) is 19.4 Å². The molecule has 1 aromatic rings. The van der Waals surface area contributed by atoms with E-state index in [1.807, 2.05) is 0 Å². The maximum atomic E-state index is 12.8. The summed E-state index contributed by atoms with van der Waals surface area (Å²) in [5.74, 6) is -0.207. The van der Waals surface area contributed by atoms with Crippen molar-refractivity contribution in [3.63, 3.8) is 0 Å². The molecule has 0 spiro atoms. The standard InChI is InChI=1S/C19H20N2O4/c1-3-25-19(24)20(2)13-6-8-14(9-7-13)21-17(22)15-11-4-5-12(10-11)16(15)18(21)23/h4-9,11-12,15-16H,3,10H2,1-2H3. The summed E-state index contributed by atoms with van der Waals surface area (Å²) in [6, 6.07) is 6.84. The van der Waals surface area contributed by atoms with Crippen LogP contribution in [0.1, 0.15) is 13.3 Å². The van der Waals surface area contributed by atoms with Crippen LogP contribution in [0.15, 0.2) is 36.4 Å². The van der Waals surface area contributed by atoms with Crippen molar-refractivity contribution in [3.8, 4) is 0 Å². The Bertz CT molecular complexity index is 740. The largest absolute Gasteiger partial charge is 0.449 e. The van der Waals surface area contributed by atoms with Crippen molar-refractivity contribution in [2.75, 3.05) is 23.5 Å². The fraction of sp³-hybridized carbons (Fsp3) is 0.421. The molecule has 0 aromatic heterocycles. The predicted molar refractivity (Wildman–Crippen MR) is 92.1 cm³/mol. The van der Waals surface area contributed by atoms with Crippen molar-refractivity contribution < 1.29 is 19.1 Å². The van der Waals surface area contributed by atoms with Gasteiger partial charge >= 0.3 is 6.09 Å². The summed E-state index contributed by atoms with van der Waals surface area (Å²) in [6.07, 6.45) is 4.64. The van der Waals surface area contributed by atoms with E-state index in [1.54, 1.807) is 38.2 Å². The molecule has 1 saturated heterocycles. The van der Waals surface area contributed by atoms with Crippen LogP contribution in [0, 0.1) is 23.7 Å². The minimum absolute atomic E-state index is 0.0988. The third kappa shape index (κ3) is 2.27. The summed E-state index contributed by atoms with van der Waals surface area (Å²) in [4.78, 5) is 40.1. The van der Waals surface area contributed by atoms with Crippen molar-refractivity contribution in [2.24, 2.45) is 23.7 Å². The summed E-state index contributed by atoms with van der Waals surface area (Å²) in [5.41, 5.74) is 1.20. The van der Waals surface area contributed by atoms with Crippen LogP contribution < -0.4 is 9.80 Å². The lowest BCUT2D eigenvalue weighted by atomic mass is 9.85. The first-order valence-electron chi connectivity index (χ1n) is 8.59. The fourth-order valence-electron chi connectivity index (χ4n) is 4.31. The number of carbonyl (C=O) groups is 3. The molecule has 130 valence electrons. The fourth-order valence-corrected chi connectivity index (χ4v) is 4.31. The second kappa shape index (κ2) is 5.72. The maximum absolute atomic E-state index is 12.8. The minimum atomic E-state index is -0.444. The van der Waals surface area contributed by atoms with Crippen LogP contribution in [-0.2, 0) is 14.3 Å². The van der Waals surface area contributed by atoms with Gasteiger partial charge < -0.3 is 4.74 Å². The Hall–Kier alpha value is -2.63. The van der Waals surface area contributed by atoms with E-state index in [1.165, 1.54) is 9.80 Å². The number of hydrogen-bond acceptors (Lipinski definition) is 4. The van der Waals surface area contributed by atoms with Gasteiger partial charge in [0.15, 0.2) is 0 Å². The Morgan fingerprint density at radius 3 is 2.20 bits per heavy atom. The molecular formula is C19H20N2O4. The number of amides is 3. The predicted octanol–water partition coefficient (Wildman–Crippen LogP) is 2.59. The van der Waals surface area contributed by atoms with Gasteiger partial charge in [0.25, 0.3) is 0 Å². The van der Waals surface area contributed by atoms with Crippen LogP contribution >= 0.6 is 0 Å². The lowest BCUT2D eigenvalue weighted by Gasteiger charge is -2.20. The van der Waals surface area contributed by atoms with Gasteiger partial charge in [-0.05, 0) is 49.4 Å². The molecule has 1 aromatic carbocycles. The third-order valence-electron chi connectivity index (χ3n) is 5.51. The SMILES string of the molecule is CCOC(=O)N(C)c1ccc(N2C(=O)C3C4C=CC(C4)C3C2=O)cc1. The van der Waals surface area contributed by atoms with Crippen molar-refractivity contribution in [1.82, 2.24) is 0 Å². The second-order valence-corrected chi connectivity index (χ2v) is 6.79. The number of benzene rings is 1. The summed E-state index contributed by atoms with van der Waals surface area (Å²) in [7, 11) is 1.62. The number of fused-ring (bicyclic) bond motifs is 5. The van der Waals surface area contributed by atoms with Crippen molar-refractivity contribution in [2.45, 2.75) is 13.3 Å². The first-order valence-corrected chi connectivity index (χ1v) is 8.59. The third-order valence-corrected chi connectivity index (χ3v) is 5.51. The smallest absolute Gasteiger partial charge is 0.413 e. The lowest BCUT2D eigenvalue weighted by molar-refractivity contribution is -0.123. The Morgan fingerprint density at radius 1 is 1.12 bits per heavy atom. The topological polar surface area (TPSA) is 66.9 Å². The van der Waals surface area contributed by atoms with Gasteiger partial charge in [-0.25, -0.2) is 4.79 Å². The molecule has 2 aliphatic carbocycles. The van der Waals surface area contributed by atoms with Gasteiger partial charge in [-0.2, -0.15) is 0 Å². The first-order chi connectivity index (χ1) is 12.0. The Balaban J connectivity index is 1.56. The molecule has 3 amide bonds. The summed E-state index contributed by atoms with van der Waals surface area (Å²) in [6.45, 7) is 2.05. The Morgan fingerprint density at radius 2 is 1.68 bits per heavy atom. The molecule has 25 heavy (non-hydrogen) atoms. The number of anilines is 2. The number of allylic oxidation sites excluding steroid dienone is 2. The molecular weight excluding hydrogens is 320 g/mol. The zero-order chi connectivity index (χ0) is 17.7. The molecule has 0 radical (unpaired) electrons. The summed E-state index contributed by atoms with van der Waals surface area (Å²) < 4.78 is 4.96. The van der Waals surface area contributed by atoms with Gasteiger partial charge in [0.1, 0.15) is 0 Å². The van der Waals surface area contributed by atoms with E-state index in [9.17, 15) is 14.4 Å². The molecule has 0 N–H and O–H groups in total. The minimum Gasteiger partial charge on any atom is -0.449 e. The summed E-state index contributed by atoms with van der Waals surface area (Å²) >= 11 is 0. The van der Waals surface area contributed by atoms with Crippen LogP contribution in [0.4, 0.5) is 16.2 Å². The number of nitrogens with zero attached hydrogens (tertiary/aromatic N) is 2. The molecule has 4 atom stereocenters.